The summed E-state index contributed by atoms with van der Waals surface area (Å²) in [6.45, 7) is 0.689. The molecule has 120 valence electrons. The fourth-order valence-corrected chi connectivity index (χ4v) is 4.16. The molecule has 0 spiro atoms. The summed E-state index contributed by atoms with van der Waals surface area (Å²) < 4.78 is 23.0. The molecule has 0 aromatic rings. The van der Waals surface area contributed by atoms with E-state index in [1.54, 1.807) is 4.90 Å². The lowest BCUT2D eigenvalue weighted by molar-refractivity contribution is -0.142. The van der Waals surface area contributed by atoms with Crippen molar-refractivity contribution >= 4 is 21.8 Å². The highest BCUT2D eigenvalue weighted by molar-refractivity contribution is 7.91. The number of nitrogens with one attached hydrogen (secondary N) is 1. The molecule has 1 saturated heterocycles. The average Bonchev–Trinajstić information content (AvgIpc) is 2.60. The lowest BCUT2D eigenvalue weighted by Crippen LogP contribution is -2.47. The van der Waals surface area contributed by atoms with E-state index in [0.29, 0.717) is 38.6 Å². The third kappa shape index (κ3) is 4.59. The van der Waals surface area contributed by atoms with Crippen molar-refractivity contribution in [3.05, 3.63) is 0 Å². The number of sulfone groups is 1. The summed E-state index contributed by atoms with van der Waals surface area (Å²) in [6, 6.07) is -0.237. The zero-order valence-electron chi connectivity index (χ0n) is 12.0. The fraction of sp³-hybridized carbons (Fsp3) is 0.846. The Morgan fingerprint density at radius 3 is 2.33 bits per heavy atom. The molecule has 8 heteroatoms. The van der Waals surface area contributed by atoms with Gasteiger partial charge >= 0.3 is 12.0 Å². The van der Waals surface area contributed by atoms with Crippen molar-refractivity contribution in [3.8, 4) is 0 Å². The molecule has 0 atom stereocenters. The SMILES string of the molecule is O=C(O)C1CCC(NC(=O)N2CCCS(=O)(=O)CC2)CC1. The number of urea groups is 1. The van der Waals surface area contributed by atoms with Gasteiger partial charge in [0.05, 0.1) is 17.4 Å². The van der Waals surface area contributed by atoms with E-state index >= 15 is 0 Å². The molecule has 0 unspecified atom stereocenters. The quantitative estimate of drug-likeness (QED) is 0.770. The topological polar surface area (TPSA) is 104 Å². The number of amides is 2. The summed E-state index contributed by atoms with van der Waals surface area (Å²) in [7, 11) is -3.02. The molecule has 2 amide bonds. The van der Waals surface area contributed by atoms with Crippen LogP contribution in [0.2, 0.25) is 0 Å². The Bertz CT molecular complexity index is 497. The number of carbonyl (C=O) groups is 2. The van der Waals surface area contributed by atoms with Crippen LogP contribution in [-0.4, -0.2) is 61.1 Å². The Morgan fingerprint density at radius 1 is 1.05 bits per heavy atom. The highest BCUT2D eigenvalue weighted by atomic mass is 32.2. The summed E-state index contributed by atoms with van der Waals surface area (Å²) >= 11 is 0. The van der Waals surface area contributed by atoms with Gasteiger partial charge in [0.2, 0.25) is 0 Å². The smallest absolute Gasteiger partial charge is 0.317 e. The number of aliphatic carboxylic acids is 1. The average molecular weight is 318 g/mol. The second-order valence-electron chi connectivity index (χ2n) is 5.83. The Kier molecular flexibility index (Phi) is 5.08. The van der Waals surface area contributed by atoms with Crippen LogP contribution < -0.4 is 5.32 Å². The molecular formula is C13H22N2O5S. The predicted octanol–water partition coefficient (Wildman–Crippen LogP) is 0.460. The third-order valence-corrected chi connectivity index (χ3v) is 5.96. The fourth-order valence-electron chi connectivity index (χ4n) is 2.89. The first-order valence-corrected chi connectivity index (χ1v) is 9.18. The number of rotatable bonds is 2. The van der Waals surface area contributed by atoms with Crippen LogP contribution in [0.1, 0.15) is 32.1 Å². The first-order valence-electron chi connectivity index (χ1n) is 7.36. The minimum Gasteiger partial charge on any atom is -0.481 e. The van der Waals surface area contributed by atoms with E-state index in [0.717, 1.165) is 0 Å². The maximum absolute atomic E-state index is 12.1. The Balaban J connectivity index is 1.81. The van der Waals surface area contributed by atoms with Gasteiger partial charge in [-0.25, -0.2) is 13.2 Å². The molecular weight excluding hydrogens is 296 g/mol. The van der Waals surface area contributed by atoms with Crippen molar-refractivity contribution in [2.45, 2.75) is 38.1 Å². The standard InChI is InChI=1S/C13H22N2O5S/c16-12(17)10-2-4-11(5-3-10)14-13(18)15-6-1-8-21(19,20)9-7-15/h10-11H,1-9H2,(H,14,18)(H,16,17). The van der Waals surface area contributed by atoms with Gasteiger partial charge in [-0.1, -0.05) is 0 Å². The van der Waals surface area contributed by atoms with Crippen molar-refractivity contribution in [1.29, 1.82) is 0 Å². The molecule has 2 aliphatic rings. The molecule has 1 aliphatic carbocycles. The molecule has 1 heterocycles. The second-order valence-corrected chi connectivity index (χ2v) is 8.13. The number of carbonyl (C=O) groups excluding carboxylic acids is 1. The molecule has 0 aromatic heterocycles. The van der Waals surface area contributed by atoms with Crippen LogP contribution >= 0.6 is 0 Å². The van der Waals surface area contributed by atoms with Gasteiger partial charge < -0.3 is 15.3 Å². The maximum atomic E-state index is 12.1. The number of hydrogen-bond acceptors (Lipinski definition) is 4. The van der Waals surface area contributed by atoms with E-state index in [1.165, 1.54) is 0 Å². The number of carboxylic acids is 1. The number of carboxylic acid groups (broad SMARTS) is 1. The van der Waals surface area contributed by atoms with Gasteiger partial charge in [-0.2, -0.15) is 0 Å². The van der Waals surface area contributed by atoms with Crippen molar-refractivity contribution in [2.24, 2.45) is 5.92 Å². The van der Waals surface area contributed by atoms with Gasteiger partial charge in [0, 0.05) is 19.1 Å². The molecule has 1 saturated carbocycles. The summed E-state index contributed by atoms with van der Waals surface area (Å²) in [6.07, 6.45) is 2.95. The molecule has 21 heavy (non-hydrogen) atoms. The molecule has 2 N–H and O–H groups in total. The summed E-state index contributed by atoms with van der Waals surface area (Å²) in [4.78, 5) is 24.6. The van der Waals surface area contributed by atoms with E-state index in [4.69, 9.17) is 5.11 Å². The largest absolute Gasteiger partial charge is 0.481 e. The second kappa shape index (κ2) is 6.64. The van der Waals surface area contributed by atoms with Crippen LogP contribution in [0.25, 0.3) is 0 Å². The first-order chi connectivity index (χ1) is 9.87. The minimum atomic E-state index is -3.02. The van der Waals surface area contributed by atoms with Crippen LogP contribution in [0.3, 0.4) is 0 Å². The molecule has 0 bridgehead atoms. The Hall–Kier alpha value is -1.31. The molecule has 0 aromatic carbocycles. The van der Waals surface area contributed by atoms with E-state index < -0.39 is 15.8 Å². The van der Waals surface area contributed by atoms with Gasteiger partial charge in [0.1, 0.15) is 0 Å². The van der Waals surface area contributed by atoms with Crippen molar-refractivity contribution in [2.75, 3.05) is 24.6 Å². The number of hydrogen-bond donors (Lipinski definition) is 2. The van der Waals surface area contributed by atoms with Crippen LogP contribution in [0.4, 0.5) is 4.79 Å². The van der Waals surface area contributed by atoms with Crippen molar-refractivity contribution < 1.29 is 23.1 Å². The molecule has 2 fully saturated rings. The maximum Gasteiger partial charge on any atom is 0.317 e. The number of nitrogens with zero attached hydrogens (tertiary/aromatic N) is 1. The molecule has 7 nitrogen and oxygen atoms in total. The van der Waals surface area contributed by atoms with Crippen molar-refractivity contribution in [3.63, 3.8) is 0 Å². The van der Waals surface area contributed by atoms with E-state index in [9.17, 15) is 18.0 Å². The molecule has 2 rings (SSSR count). The van der Waals surface area contributed by atoms with Crippen molar-refractivity contribution in [1.82, 2.24) is 10.2 Å². The normalized spacial score (nSPS) is 29.4. The van der Waals surface area contributed by atoms with E-state index in [2.05, 4.69) is 5.32 Å². The lowest BCUT2D eigenvalue weighted by atomic mass is 9.86. The third-order valence-electron chi connectivity index (χ3n) is 4.25. The highest BCUT2D eigenvalue weighted by Crippen LogP contribution is 2.24. The van der Waals surface area contributed by atoms with E-state index in [1.807, 2.05) is 0 Å². The van der Waals surface area contributed by atoms with Gasteiger partial charge in [-0.15, -0.1) is 0 Å². The lowest BCUT2D eigenvalue weighted by Gasteiger charge is -2.29. The zero-order valence-corrected chi connectivity index (χ0v) is 12.8. The Morgan fingerprint density at radius 2 is 1.71 bits per heavy atom. The van der Waals surface area contributed by atoms with Crippen LogP contribution in [0, 0.1) is 5.92 Å². The van der Waals surface area contributed by atoms with Crippen LogP contribution in [-0.2, 0) is 14.6 Å². The summed E-state index contributed by atoms with van der Waals surface area (Å²) in [5.74, 6) is -0.911. The molecule has 0 radical (unpaired) electrons. The first kappa shape index (κ1) is 16.1. The minimum absolute atomic E-state index is 0.00652. The molecule has 1 aliphatic heterocycles. The van der Waals surface area contributed by atoms with Gasteiger partial charge in [-0.3, -0.25) is 4.79 Å². The monoisotopic (exact) mass is 318 g/mol. The van der Waals surface area contributed by atoms with Gasteiger partial charge in [0.15, 0.2) is 9.84 Å². The van der Waals surface area contributed by atoms with Gasteiger partial charge in [0.25, 0.3) is 0 Å². The van der Waals surface area contributed by atoms with E-state index in [-0.39, 0.29) is 36.0 Å². The van der Waals surface area contributed by atoms with Crippen LogP contribution in [0.15, 0.2) is 0 Å². The van der Waals surface area contributed by atoms with Crippen LogP contribution in [0.5, 0.6) is 0 Å². The Labute approximate surface area is 124 Å². The zero-order chi connectivity index (χ0) is 15.5. The predicted molar refractivity (Wildman–Crippen MR) is 76.8 cm³/mol. The highest BCUT2D eigenvalue weighted by Gasteiger charge is 2.28. The summed E-state index contributed by atoms with van der Waals surface area (Å²) in [5, 5.41) is 11.8. The summed E-state index contributed by atoms with van der Waals surface area (Å²) in [5.41, 5.74) is 0. The van der Waals surface area contributed by atoms with Gasteiger partial charge in [-0.05, 0) is 32.1 Å².